The van der Waals surface area contributed by atoms with E-state index in [2.05, 4.69) is 77.6 Å². The van der Waals surface area contributed by atoms with Crippen molar-refractivity contribution in [2.75, 3.05) is 13.1 Å². The van der Waals surface area contributed by atoms with E-state index in [9.17, 15) is 14.7 Å². The molecule has 7 rings (SSSR count). The lowest BCUT2D eigenvalue weighted by Gasteiger charge is -2.72. The summed E-state index contributed by atoms with van der Waals surface area (Å²) in [6.45, 7) is 29.4. The molecule has 9 atom stereocenters. The average Bonchev–Trinajstić information content (AvgIpc) is 3.50. The number of hydrogen-bond acceptors (Lipinski definition) is 6. The molecule has 1 N–H and O–H groups in total. The van der Waals surface area contributed by atoms with Gasteiger partial charge in [0.05, 0.1) is 17.9 Å². The van der Waals surface area contributed by atoms with Crippen LogP contribution in [0.4, 0.5) is 0 Å². The molecule has 0 saturated heterocycles. The first-order chi connectivity index (χ1) is 26.0. The van der Waals surface area contributed by atoms with Crippen molar-refractivity contribution in [3.05, 3.63) is 46.5 Å². The maximum Gasteiger partial charge on any atom is 0.312 e. The molecule has 5 aliphatic carbocycles. The molecule has 0 radical (unpaired) electrons. The van der Waals surface area contributed by atoms with Crippen LogP contribution in [0.25, 0.3) is 0 Å². The van der Waals surface area contributed by atoms with Crippen molar-refractivity contribution in [1.29, 1.82) is 0 Å². The Balaban J connectivity index is 1.10. The van der Waals surface area contributed by atoms with Crippen molar-refractivity contribution in [2.45, 2.75) is 184 Å². The molecule has 1 heterocycles. The number of benzene rings is 1. The zero-order chi connectivity index (χ0) is 40.9. The quantitative estimate of drug-likeness (QED) is 0.210. The van der Waals surface area contributed by atoms with Gasteiger partial charge in [0.25, 0.3) is 0 Å². The smallest absolute Gasteiger partial charge is 0.312 e. The molecular weight excluding hydrogens is 695 g/mol. The van der Waals surface area contributed by atoms with Crippen molar-refractivity contribution >= 4 is 11.9 Å². The fraction of sp³-hybridized carbons (Fsp3) is 0.800. The Morgan fingerprint density at radius 2 is 1.54 bits per heavy atom. The maximum absolute atomic E-state index is 13.5. The molecule has 1 aromatic rings. The van der Waals surface area contributed by atoms with Crippen LogP contribution in [0.15, 0.2) is 35.4 Å². The molecule has 0 unspecified atom stereocenters. The Bertz CT molecular complexity index is 1720. The summed E-state index contributed by atoms with van der Waals surface area (Å²) in [6.07, 6.45) is 11.9. The molecule has 0 bridgehead atoms. The van der Waals surface area contributed by atoms with E-state index in [1.54, 1.807) is 25.0 Å². The van der Waals surface area contributed by atoms with E-state index in [0.29, 0.717) is 23.7 Å². The monoisotopic (exact) mass is 772 g/mol. The molecule has 312 valence electrons. The van der Waals surface area contributed by atoms with Gasteiger partial charge in [-0.25, -0.2) is 0 Å². The zero-order valence-corrected chi connectivity index (χ0v) is 37.4. The van der Waals surface area contributed by atoms with Crippen LogP contribution in [0.2, 0.25) is 0 Å². The van der Waals surface area contributed by atoms with E-state index in [4.69, 9.17) is 9.47 Å². The number of carbonyl (C=O) groups is 2. The van der Waals surface area contributed by atoms with Gasteiger partial charge in [0, 0.05) is 30.5 Å². The summed E-state index contributed by atoms with van der Waals surface area (Å²) in [5.41, 5.74) is 4.98. The number of esters is 2. The summed E-state index contributed by atoms with van der Waals surface area (Å²) < 4.78 is 12.0. The van der Waals surface area contributed by atoms with Gasteiger partial charge in [0.2, 0.25) is 0 Å². The van der Waals surface area contributed by atoms with E-state index in [1.807, 2.05) is 20.8 Å². The van der Waals surface area contributed by atoms with Crippen LogP contribution in [0.5, 0.6) is 0 Å². The topological polar surface area (TPSA) is 76.1 Å². The highest BCUT2D eigenvalue weighted by atomic mass is 16.6. The number of nitrogens with zero attached hydrogens (tertiary/aromatic N) is 1. The van der Waals surface area contributed by atoms with Gasteiger partial charge in [0.15, 0.2) is 0 Å². The first kappa shape index (κ1) is 42.0. The standard InChI is InChI=1S/C50H77NO5/c1-32(2)35-19-25-50(39(52)31-51-28-22-33-15-13-14-16-34(33)30-51)27-26-48(11)36(42(35)50)17-18-38-47(10)23-21-40(46(8,9)37(47)20-24-49(38,48)12)55-41(53)29-45(6,7)43(54)56-44(3,4)5/h13-16,32,36-40,52H,17-31H2,1-12H3/t36-,37+,38-,39+,40+,47+,48-,49-,50-/m1/s1. The first-order valence-electron chi connectivity index (χ1n) is 22.6. The second kappa shape index (κ2) is 14.2. The number of aliphatic hydroxyl groups excluding tert-OH is 1. The van der Waals surface area contributed by atoms with Gasteiger partial charge in [-0.15, -0.1) is 0 Å². The normalized spacial score (nSPS) is 37.5. The van der Waals surface area contributed by atoms with Gasteiger partial charge in [0.1, 0.15) is 11.7 Å². The van der Waals surface area contributed by atoms with Crippen LogP contribution in [-0.2, 0) is 32.0 Å². The van der Waals surface area contributed by atoms with Crippen molar-refractivity contribution in [3.63, 3.8) is 0 Å². The summed E-state index contributed by atoms with van der Waals surface area (Å²) >= 11 is 0. The second-order valence-corrected chi connectivity index (χ2v) is 23.0. The molecule has 56 heavy (non-hydrogen) atoms. The predicted octanol–water partition coefficient (Wildman–Crippen LogP) is 10.9. The number of aliphatic hydroxyl groups is 1. The fourth-order valence-corrected chi connectivity index (χ4v) is 14.6. The summed E-state index contributed by atoms with van der Waals surface area (Å²) in [7, 11) is 0. The van der Waals surface area contributed by atoms with Crippen LogP contribution < -0.4 is 0 Å². The van der Waals surface area contributed by atoms with E-state index in [-0.39, 0.29) is 57.6 Å². The Labute approximate surface area is 340 Å². The maximum atomic E-state index is 13.5. The third-order valence-electron chi connectivity index (χ3n) is 17.8. The average molecular weight is 772 g/mol. The lowest BCUT2D eigenvalue weighted by Crippen LogP contribution is -2.66. The highest BCUT2D eigenvalue weighted by Gasteiger charge is 2.70. The minimum absolute atomic E-state index is 0.0211. The molecule has 4 saturated carbocycles. The lowest BCUT2D eigenvalue weighted by atomic mass is 9.33. The van der Waals surface area contributed by atoms with Crippen molar-refractivity contribution < 1.29 is 24.2 Å². The van der Waals surface area contributed by atoms with Gasteiger partial charge < -0.3 is 14.6 Å². The molecule has 1 aromatic carbocycles. The van der Waals surface area contributed by atoms with Crippen LogP contribution >= 0.6 is 0 Å². The van der Waals surface area contributed by atoms with Gasteiger partial charge in [-0.1, -0.05) is 83.9 Å². The van der Waals surface area contributed by atoms with Gasteiger partial charge in [-0.2, -0.15) is 0 Å². The number of allylic oxidation sites excluding steroid dienone is 1. The Morgan fingerprint density at radius 3 is 2.21 bits per heavy atom. The summed E-state index contributed by atoms with van der Waals surface area (Å²) in [6, 6.07) is 8.88. The van der Waals surface area contributed by atoms with Crippen LogP contribution in [0.3, 0.4) is 0 Å². The number of ether oxygens (including phenoxy) is 2. The fourth-order valence-electron chi connectivity index (χ4n) is 14.6. The number of β-amino-alcohol motifs (C(OH)–C–C–N with tert-alkyl or cyclic N) is 1. The molecule has 4 fully saturated rings. The number of carbonyl (C=O) groups excluding carboxylic acids is 2. The van der Waals surface area contributed by atoms with Crippen LogP contribution in [0, 0.1) is 56.2 Å². The van der Waals surface area contributed by atoms with E-state index in [1.165, 1.54) is 36.8 Å². The summed E-state index contributed by atoms with van der Waals surface area (Å²) in [5, 5.41) is 12.5. The molecular formula is C50H77NO5. The van der Waals surface area contributed by atoms with Gasteiger partial charge in [-0.05, 0) is 156 Å². The number of fused-ring (bicyclic) bond motifs is 8. The SMILES string of the molecule is CC(C)C1=C2[C@H]3CC[C@@H]4[C@@]5(C)CC[C@H](OC(=O)CC(C)(C)C(=O)OC(C)(C)C)C(C)(C)[C@@H]5CC[C@@]4(C)[C@]3(C)CC[C@@]2([C@@H](O)CN2CCc3ccccc3C2)CC1. The molecule has 6 heteroatoms. The molecule has 6 nitrogen and oxygen atoms in total. The van der Waals surface area contributed by atoms with Crippen LogP contribution in [-0.4, -0.2) is 52.8 Å². The molecule has 6 aliphatic rings. The highest BCUT2D eigenvalue weighted by Crippen LogP contribution is 2.77. The summed E-state index contributed by atoms with van der Waals surface area (Å²) in [5.74, 6) is 1.44. The minimum Gasteiger partial charge on any atom is -0.462 e. The van der Waals surface area contributed by atoms with E-state index < -0.39 is 11.0 Å². The number of rotatable bonds is 8. The summed E-state index contributed by atoms with van der Waals surface area (Å²) in [4.78, 5) is 29.1. The number of hydrogen-bond donors (Lipinski definition) is 1. The predicted molar refractivity (Wildman–Crippen MR) is 225 cm³/mol. The largest absolute Gasteiger partial charge is 0.462 e. The van der Waals surface area contributed by atoms with E-state index >= 15 is 0 Å². The highest BCUT2D eigenvalue weighted by molar-refractivity contribution is 5.83. The molecule has 1 aliphatic heterocycles. The van der Waals surface area contributed by atoms with E-state index in [0.717, 1.165) is 64.6 Å². The minimum atomic E-state index is -0.948. The van der Waals surface area contributed by atoms with Crippen molar-refractivity contribution in [2.24, 2.45) is 56.2 Å². The molecule has 0 aromatic heterocycles. The first-order valence-corrected chi connectivity index (χ1v) is 22.6. The lowest BCUT2D eigenvalue weighted by molar-refractivity contribution is -0.235. The van der Waals surface area contributed by atoms with Crippen molar-refractivity contribution in [3.8, 4) is 0 Å². The Hall–Kier alpha value is -2.18. The molecule has 0 spiro atoms. The van der Waals surface area contributed by atoms with Gasteiger partial charge >= 0.3 is 11.9 Å². The Kier molecular flexibility index (Phi) is 10.7. The second-order valence-electron chi connectivity index (χ2n) is 23.0. The Morgan fingerprint density at radius 1 is 0.839 bits per heavy atom. The zero-order valence-electron chi connectivity index (χ0n) is 37.4. The third kappa shape index (κ3) is 6.75. The molecule has 0 amide bonds. The van der Waals surface area contributed by atoms with Crippen molar-refractivity contribution in [1.82, 2.24) is 4.90 Å². The van der Waals surface area contributed by atoms with Crippen LogP contribution in [0.1, 0.15) is 165 Å². The third-order valence-corrected chi connectivity index (χ3v) is 17.8. The van der Waals surface area contributed by atoms with Gasteiger partial charge in [-0.3, -0.25) is 14.5 Å².